The third-order valence-corrected chi connectivity index (χ3v) is 2.55. The first kappa shape index (κ1) is 15.7. The minimum Gasteiger partial charge on any atom is -1.00 e. The molecule has 1 aromatic rings. The van der Waals surface area contributed by atoms with Crippen molar-refractivity contribution in [1.29, 1.82) is 0 Å². The van der Waals surface area contributed by atoms with Crippen molar-refractivity contribution in [2.75, 3.05) is 6.61 Å². The summed E-state index contributed by atoms with van der Waals surface area (Å²) in [5, 5.41) is 8.64. The fourth-order valence-electron chi connectivity index (χ4n) is 1.72. The largest absolute Gasteiger partial charge is 1.00 e. The molecule has 0 atom stereocenters. The fourth-order valence-corrected chi connectivity index (χ4v) is 1.72. The zero-order chi connectivity index (χ0) is 10.9. The van der Waals surface area contributed by atoms with E-state index in [2.05, 4.69) is 34.8 Å². The highest BCUT2D eigenvalue weighted by Crippen LogP contribution is 2.01. The molecule has 1 N–H and O–H groups in total. The van der Waals surface area contributed by atoms with Gasteiger partial charge in [-0.15, -0.1) is 0 Å². The molecule has 0 fully saturated rings. The molecular formula is C12H23BrN2O. The Morgan fingerprint density at radius 1 is 1.19 bits per heavy atom. The number of aliphatic hydroxyl groups is 1. The zero-order valence-electron chi connectivity index (χ0n) is 10.1. The molecule has 1 heterocycles. The van der Waals surface area contributed by atoms with Crippen LogP contribution >= 0.6 is 0 Å². The number of rotatable bonds is 8. The number of aliphatic hydroxyl groups excluding tert-OH is 1. The third kappa shape index (κ3) is 6.28. The Labute approximate surface area is 109 Å². The van der Waals surface area contributed by atoms with Crippen LogP contribution in [0.15, 0.2) is 18.7 Å². The smallest absolute Gasteiger partial charge is 0.243 e. The molecule has 0 amide bonds. The monoisotopic (exact) mass is 290 g/mol. The van der Waals surface area contributed by atoms with E-state index >= 15 is 0 Å². The number of aryl methyl sites for hydroxylation is 2. The number of hydrogen-bond donors (Lipinski definition) is 1. The van der Waals surface area contributed by atoms with Crippen LogP contribution in [0.3, 0.4) is 0 Å². The Kier molecular flexibility index (Phi) is 9.63. The molecule has 0 saturated heterocycles. The summed E-state index contributed by atoms with van der Waals surface area (Å²) in [5.41, 5.74) is 0. The molecule has 0 bridgehead atoms. The van der Waals surface area contributed by atoms with Gasteiger partial charge >= 0.3 is 0 Å². The van der Waals surface area contributed by atoms with E-state index in [1.54, 1.807) is 0 Å². The molecule has 0 spiro atoms. The van der Waals surface area contributed by atoms with Crippen molar-refractivity contribution in [3.05, 3.63) is 18.7 Å². The zero-order valence-corrected chi connectivity index (χ0v) is 11.7. The number of aromatic nitrogens is 2. The molecule has 1 rings (SSSR count). The topological polar surface area (TPSA) is 29.0 Å². The van der Waals surface area contributed by atoms with Gasteiger partial charge in [0, 0.05) is 6.61 Å². The number of nitrogens with zero attached hydrogens (tertiary/aromatic N) is 2. The van der Waals surface area contributed by atoms with Gasteiger partial charge < -0.3 is 22.1 Å². The van der Waals surface area contributed by atoms with Crippen LogP contribution in [-0.4, -0.2) is 16.3 Å². The van der Waals surface area contributed by atoms with Crippen LogP contribution in [0.25, 0.3) is 0 Å². The maximum Gasteiger partial charge on any atom is 0.243 e. The highest BCUT2D eigenvalue weighted by atomic mass is 79.9. The summed E-state index contributed by atoms with van der Waals surface area (Å²) in [6.07, 6.45) is 12.2. The van der Waals surface area contributed by atoms with Gasteiger partial charge in [-0.25, -0.2) is 9.13 Å². The first-order valence-electron chi connectivity index (χ1n) is 6.02. The van der Waals surface area contributed by atoms with Crippen molar-refractivity contribution >= 4 is 0 Å². The Morgan fingerprint density at radius 3 is 2.62 bits per heavy atom. The van der Waals surface area contributed by atoms with E-state index in [-0.39, 0.29) is 17.0 Å². The number of imidazole rings is 1. The van der Waals surface area contributed by atoms with Crippen molar-refractivity contribution in [3.8, 4) is 0 Å². The lowest BCUT2D eigenvalue weighted by molar-refractivity contribution is -0.696. The molecule has 16 heavy (non-hydrogen) atoms. The SMILES string of the molecule is CCC[n+]1ccn(CCCCCCO)c1.[Br-]. The van der Waals surface area contributed by atoms with E-state index in [1.165, 1.54) is 19.3 Å². The number of halogens is 1. The van der Waals surface area contributed by atoms with Gasteiger partial charge in [-0.3, -0.25) is 0 Å². The van der Waals surface area contributed by atoms with Crippen molar-refractivity contribution < 1.29 is 26.7 Å². The summed E-state index contributed by atoms with van der Waals surface area (Å²) >= 11 is 0. The maximum absolute atomic E-state index is 8.64. The summed E-state index contributed by atoms with van der Waals surface area (Å²) in [4.78, 5) is 0. The molecule has 0 unspecified atom stereocenters. The molecule has 94 valence electrons. The molecule has 0 aromatic carbocycles. The molecule has 4 heteroatoms. The molecule has 0 saturated carbocycles. The van der Waals surface area contributed by atoms with Crippen LogP contribution < -0.4 is 21.5 Å². The second-order valence-electron chi connectivity index (χ2n) is 4.03. The summed E-state index contributed by atoms with van der Waals surface area (Å²) in [7, 11) is 0. The average Bonchev–Trinajstić information content (AvgIpc) is 2.66. The van der Waals surface area contributed by atoms with Gasteiger partial charge in [-0.2, -0.15) is 0 Å². The van der Waals surface area contributed by atoms with Gasteiger partial charge in [0.2, 0.25) is 6.33 Å². The highest BCUT2D eigenvalue weighted by molar-refractivity contribution is 4.66. The standard InChI is InChI=1S/C12H23N2O.BrH/c1-2-7-13-9-10-14(12-13)8-5-3-4-6-11-15;/h9-10,12,15H,2-8,11H2,1H3;1H/q+1;/p-1. The third-order valence-electron chi connectivity index (χ3n) is 2.55. The molecule has 0 aliphatic rings. The van der Waals surface area contributed by atoms with Crippen molar-refractivity contribution in [2.24, 2.45) is 0 Å². The van der Waals surface area contributed by atoms with E-state index in [0.717, 1.165) is 25.9 Å². The van der Waals surface area contributed by atoms with Crippen LogP contribution in [-0.2, 0) is 13.1 Å². The van der Waals surface area contributed by atoms with Crippen LogP contribution in [0, 0.1) is 0 Å². The van der Waals surface area contributed by atoms with Gasteiger partial charge in [-0.05, 0) is 25.7 Å². The van der Waals surface area contributed by atoms with Gasteiger partial charge in [0.25, 0.3) is 0 Å². The van der Waals surface area contributed by atoms with E-state index in [0.29, 0.717) is 6.61 Å². The summed E-state index contributed by atoms with van der Waals surface area (Å²) in [5.74, 6) is 0. The minimum absolute atomic E-state index is 0. The lowest BCUT2D eigenvalue weighted by Crippen LogP contribution is -3.00. The average molecular weight is 291 g/mol. The molecule has 0 radical (unpaired) electrons. The molecule has 1 aromatic heterocycles. The Balaban J connectivity index is 0.00000225. The molecule has 3 nitrogen and oxygen atoms in total. The van der Waals surface area contributed by atoms with Gasteiger partial charge in [0.1, 0.15) is 12.4 Å². The van der Waals surface area contributed by atoms with E-state index in [4.69, 9.17) is 5.11 Å². The molecular weight excluding hydrogens is 268 g/mol. The number of unbranched alkanes of at least 4 members (excludes halogenated alkanes) is 3. The maximum atomic E-state index is 8.64. The van der Waals surface area contributed by atoms with Gasteiger partial charge in [0.15, 0.2) is 0 Å². The fraction of sp³-hybridized carbons (Fsp3) is 0.750. The lowest BCUT2D eigenvalue weighted by atomic mass is 10.2. The Bertz CT molecular complexity index is 263. The molecule has 0 aliphatic carbocycles. The normalized spacial score (nSPS) is 10.1. The van der Waals surface area contributed by atoms with Crippen molar-refractivity contribution in [2.45, 2.75) is 52.1 Å². The van der Waals surface area contributed by atoms with Gasteiger partial charge in [-0.1, -0.05) is 13.3 Å². The van der Waals surface area contributed by atoms with Crippen LogP contribution in [0.1, 0.15) is 39.0 Å². The minimum atomic E-state index is 0. The van der Waals surface area contributed by atoms with E-state index in [9.17, 15) is 0 Å². The Morgan fingerprint density at radius 2 is 1.94 bits per heavy atom. The van der Waals surface area contributed by atoms with Crippen molar-refractivity contribution in [3.63, 3.8) is 0 Å². The highest BCUT2D eigenvalue weighted by Gasteiger charge is 2.01. The lowest BCUT2D eigenvalue weighted by Gasteiger charge is -1.97. The summed E-state index contributed by atoms with van der Waals surface area (Å²) in [6.45, 7) is 4.74. The second kappa shape index (κ2) is 9.85. The number of hydrogen-bond acceptors (Lipinski definition) is 1. The van der Waals surface area contributed by atoms with Crippen molar-refractivity contribution in [1.82, 2.24) is 4.57 Å². The molecule has 0 aliphatic heterocycles. The predicted molar refractivity (Wildman–Crippen MR) is 60.5 cm³/mol. The van der Waals surface area contributed by atoms with Crippen LogP contribution in [0.4, 0.5) is 0 Å². The second-order valence-corrected chi connectivity index (χ2v) is 4.03. The first-order chi connectivity index (χ1) is 7.36. The van der Waals surface area contributed by atoms with E-state index in [1.807, 2.05) is 0 Å². The van der Waals surface area contributed by atoms with Crippen LogP contribution in [0.5, 0.6) is 0 Å². The predicted octanol–water partition coefficient (Wildman–Crippen LogP) is -1.26. The summed E-state index contributed by atoms with van der Waals surface area (Å²) < 4.78 is 4.47. The van der Waals surface area contributed by atoms with Gasteiger partial charge in [0.05, 0.1) is 13.1 Å². The first-order valence-corrected chi connectivity index (χ1v) is 6.02. The summed E-state index contributed by atoms with van der Waals surface area (Å²) in [6, 6.07) is 0. The Hall–Kier alpha value is -0.350. The quantitative estimate of drug-likeness (QED) is 0.470. The van der Waals surface area contributed by atoms with E-state index < -0.39 is 0 Å². The van der Waals surface area contributed by atoms with Crippen LogP contribution in [0.2, 0.25) is 0 Å².